The minimum Gasteiger partial charge on any atom is -0.388 e. The molecule has 0 aromatic rings. The minimum absolute atomic E-state index is 1.01. The summed E-state index contributed by atoms with van der Waals surface area (Å²) in [5.41, 5.74) is 0. The first-order chi connectivity index (χ1) is 12.9. The molecule has 0 aromatic heterocycles. The zero-order valence-electron chi connectivity index (χ0n) is 17.6. The molecule has 0 spiro atoms. The van der Waals surface area contributed by atoms with E-state index in [2.05, 4.69) is 6.92 Å². The van der Waals surface area contributed by atoms with Crippen molar-refractivity contribution in [3.05, 3.63) is 24.6 Å². The molecule has 0 saturated carbocycles. The fourth-order valence-electron chi connectivity index (χ4n) is 3.64. The van der Waals surface area contributed by atoms with Gasteiger partial charge in [-0.1, -0.05) is 116 Å². The van der Waals surface area contributed by atoms with E-state index in [4.69, 9.17) is 4.84 Å². The predicted octanol–water partition coefficient (Wildman–Crippen LogP) is 8.30. The molecular weight excluding hydrogens is 318 g/mol. The van der Waals surface area contributed by atoms with Gasteiger partial charge in [0.25, 0.3) is 0 Å². The topological polar surface area (TPSA) is 12.5 Å². The molecular formula is C24H45NO. The second-order valence-electron chi connectivity index (χ2n) is 7.93. The van der Waals surface area contributed by atoms with Gasteiger partial charge in [0.2, 0.25) is 0 Å². The van der Waals surface area contributed by atoms with Gasteiger partial charge in [-0.2, -0.15) is 0 Å². The van der Waals surface area contributed by atoms with E-state index < -0.39 is 0 Å². The SMILES string of the molecule is CCCCCCCCCCCCCCCCCCCCN1C=CC=CO1. The lowest BCUT2D eigenvalue weighted by Crippen LogP contribution is -2.17. The van der Waals surface area contributed by atoms with Crippen molar-refractivity contribution < 1.29 is 4.84 Å². The highest BCUT2D eigenvalue weighted by Gasteiger charge is 2.00. The number of unbranched alkanes of at least 4 members (excludes halogenated alkanes) is 17. The summed E-state index contributed by atoms with van der Waals surface area (Å²) >= 11 is 0. The second-order valence-corrected chi connectivity index (χ2v) is 7.93. The fourth-order valence-corrected chi connectivity index (χ4v) is 3.64. The van der Waals surface area contributed by atoms with Gasteiger partial charge in [0.05, 0.1) is 6.54 Å². The number of hydrogen-bond donors (Lipinski definition) is 0. The van der Waals surface area contributed by atoms with Crippen LogP contribution in [0.4, 0.5) is 0 Å². The van der Waals surface area contributed by atoms with Crippen molar-refractivity contribution in [2.75, 3.05) is 6.54 Å². The van der Waals surface area contributed by atoms with Crippen LogP contribution in [0.3, 0.4) is 0 Å². The molecule has 0 radical (unpaired) electrons. The molecule has 1 aliphatic heterocycles. The molecule has 0 unspecified atom stereocenters. The molecule has 0 N–H and O–H groups in total. The minimum atomic E-state index is 1.01. The number of hydrogen-bond acceptors (Lipinski definition) is 2. The maximum atomic E-state index is 5.38. The molecule has 2 heteroatoms. The Kier molecular flexibility index (Phi) is 16.8. The van der Waals surface area contributed by atoms with Crippen molar-refractivity contribution in [2.45, 2.75) is 122 Å². The van der Waals surface area contributed by atoms with E-state index in [1.54, 1.807) is 6.26 Å². The van der Waals surface area contributed by atoms with Crippen LogP contribution in [0, 0.1) is 0 Å². The Bertz CT molecular complexity index is 337. The van der Waals surface area contributed by atoms with E-state index in [0.717, 1.165) is 6.54 Å². The normalized spacial score (nSPS) is 13.3. The molecule has 0 aliphatic carbocycles. The molecule has 0 fully saturated rings. The van der Waals surface area contributed by atoms with Crippen LogP contribution >= 0.6 is 0 Å². The average Bonchev–Trinajstić information content (AvgIpc) is 2.68. The van der Waals surface area contributed by atoms with Crippen LogP contribution in [0.25, 0.3) is 0 Å². The van der Waals surface area contributed by atoms with Crippen molar-refractivity contribution in [3.63, 3.8) is 0 Å². The molecule has 0 saturated heterocycles. The summed E-state index contributed by atoms with van der Waals surface area (Å²) in [4.78, 5) is 5.38. The highest BCUT2D eigenvalue weighted by molar-refractivity contribution is 5.01. The molecule has 26 heavy (non-hydrogen) atoms. The van der Waals surface area contributed by atoms with Gasteiger partial charge in [0.15, 0.2) is 0 Å². The Labute approximate surface area is 164 Å². The Morgan fingerprint density at radius 1 is 0.538 bits per heavy atom. The van der Waals surface area contributed by atoms with E-state index in [9.17, 15) is 0 Å². The van der Waals surface area contributed by atoms with Crippen molar-refractivity contribution >= 4 is 0 Å². The Morgan fingerprint density at radius 3 is 1.35 bits per heavy atom. The van der Waals surface area contributed by atoms with Crippen LogP contribution in [0.2, 0.25) is 0 Å². The molecule has 152 valence electrons. The summed E-state index contributed by atoms with van der Waals surface area (Å²) in [6.07, 6.45) is 33.4. The second kappa shape index (κ2) is 18.9. The lowest BCUT2D eigenvalue weighted by atomic mass is 10.0. The van der Waals surface area contributed by atoms with Crippen molar-refractivity contribution in [1.29, 1.82) is 0 Å². The van der Waals surface area contributed by atoms with Gasteiger partial charge in [0, 0.05) is 6.20 Å². The van der Waals surface area contributed by atoms with E-state index in [1.807, 2.05) is 23.4 Å². The predicted molar refractivity (Wildman–Crippen MR) is 115 cm³/mol. The zero-order valence-corrected chi connectivity index (χ0v) is 17.6. The zero-order chi connectivity index (χ0) is 18.5. The van der Waals surface area contributed by atoms with Gasteiger partial charge in [-0.05, 0) is 18.6 Å². The lowest BCUT2D eigenvalue weighted by molar-refractivity contribution is -0.0604. The first-order valence-corrected chi connectivity index (χ1v) is 11.7. The first kappa shape index (κ1) is 23.1. The quantitative estimate of drug-likeness (QED) is 0.214. The molecule has 0 amide bonds. The number of allylic oxidation sites excluding steroid dienone is 2. The Morgan fingerprint density at radius 2 is 0.962 bits per heavy atom. The third kappa shape index (κ3) is 15.3. The van der Waals surface area contributed by atoms with Crippen LogP contribution < -0.4 is 0 Å². The summed E-state index contributed by atoms with van der Waals surface area (Å²) < 4.78 is 0. The van der Waals surface area contributed by atoms with Crippen LogP contribution in [0.15, 0.2) is 24.6 Å². The Balaban J connectivity index is 1.66. The van der Waals surface area contributed by atoms with Gasteiger partial charge in [-0.3, -0.25) is 0 Å². The average molecular weight is 364 g/mol. The monoisotopic (exact) mass is 363 g/mol. The molecule has 2 nitrogen and oxygen atoms in total. The van der Waals surface area contributed by atoms with Gasteiger partial charge < -0.3 is 4.84 Å². The number of nitrogens with zero attached hydrogens (tertiary/aromatic N) is 1. The maximum Gasteiger partial charge on any atom is 0.119 e. The van der Waals surface area contributed by atoms with Crippen LogP contribution in [0.5, 0.6) is 0 Å². The fraction of sp³-hybridized carbons (Fsp3) is 0.833. The Hall–Kier alpha value is -0.920. The number of hydroxylamine groups is 2. The van der Waals surface area contributed by atoms with E-state index in [-0.39, 0.29) is 0 Å². The summed E-state index contributed by atoms with van der Waals surface area (Å²) in [6.45, 7) is 3.31. The van der Waals surface area contributed by atoms with Crippen molar-refractivity contribution in [2.24, 2.45) is 0 Å². The molecule has 1 rings (SSSR count). The number of rotatable bonds is 19. The first-order valence-electron chi connectivity index (χ1n) is 11.7. The van der Waals surface area contributed by atoms with Crippen LogP contribution in [-0.2, 0) is 4.84 Å². The largest absolute Gasteiger partial charge is 0.388 e. The molecule has 0 bridgehead atoms. The summed E-state index contributed by atoms with van der Waals surface area (Å²) in [5.74, 6) is 0. The highest BCUT2D eigenvalue weighted by atomic mass is 16.7. The third-order valence-corrected chi connectivity index (χ3v) is 5.37. The van der Waals surface area contributed by atoms with Gasteiger partial charge >= 0.3 is 0 Å². The smallest absolute Gasteiger partial charge is 0.119 e. The summed E-state index contributed by atoms with van der Waals surface area (Å²) in [5, 5.41) is 1.92. The van der Waals surface area contributed by atoms with Crippen LogP contribution in [0.1, 0.15) is 122 Å². The summed E-state index contributed by atoms with van der Waals surface area (Å²) in [7, 11) is 0. The lowest BCUT2D eigenvalue weighted by Gasteiger charge is -2.19. The van der Waals surface area contributed by atoms with Gasteiger partial charge in [0.1, 0.15) is 6.26 Å². The van der Waals surface area contributed by atoms with Gasteiger partial charge in [-0.15, -0.1) is 0 Å². The summed E-state index contributed by atoms with van der Waals surface area (Å²) in [6, 6.07) is 0. The van der Waals surface area contributed by atoms with Crippen LogP contribution in [-0.4, -0.2) is 11.6 Å². The maximum absolute atomic E-state index is 5.38. The van der Waals surface area contributed by atoms with Crippen molar-refractivity contribution in [3.8, 4) is 0 Å². The molecule has 1 heterocycles. The third-order valence-electron chi connectivity index (χ3n) is 5.37. The van der Waals surface area contributed by atoms with E-state index in [1.165, 1.54) is 116 Å². The molecule has 0 aromatic carbocycles. The molecule has 1 aliphatic rings. The van der Waals surface area contributed by atoms with E-state index >= 15 is 0 Å². The van der Waals surface area contributed by atoms with Gasteiger partial charge in [-0.25, -0.2) is 5.06 Å². The van der Waals surface area contributed by atoms with Crippen molar-refractivity contribution in [1.82, 2.24) is 5.06 Å². The van der Waals surface area contributed by atoms with E-state index in [0.29, 0.717) is 0 Å². The molecule has 0 atom stereocenters. The highest BCUT2D eigenvalue weighted by Crippen LogP contribution is 2.14. The standard InChI is InChI=1S/C24H45NO/c1-2-3-4-5-6-7-8-9-10-11-12-13-14-15-16-17-18-19-22-25-23-20-21-24-26-25/h20-21,23-24H,2-19,22H2,1H3.